The topological polar surface area (TPSA) is 9.23 Å². The molecule has 0 aliphatic carbocycles. The lowest BCUT2D eigenvalue weighted by Gasteiger charge is -1.93. The van der Waals surface area contributed by atoms with Crippen LogP contribution in [0.25, 0.3) is 0 Å². The summed E-state index contributed by atoms with van der Waals surface area (Å²) in [5, 5.41) is 0. The van der Waals surface area contributed by atoms with Crippen LogP contribution in [0.5, 0.6) is 0 Å². The van der Waals surface area contributed by atoms with Gasteiger partial charge in [-0.05, 0) is 13.0 Å². The van der Waals surface area contributed by atoms with Gasteiger partial charge in [-0.15, -0.1) is 0 Å². The van der Waals surface area contributed by atoms with Crippen LogP contribution in [0.1, 0.15) is 6.92 Å². The fourth-order valence-electron chi connectivity index (χ4n) is 0.192. The van der Waals surface area contributed by atoms with E-state index < -0.39 is 0 Å². The molecule has 0 spiro atoms. The van der Waals surface area contributed by atoms with Gasteiger partial charge in [-0.2, -0.15) is 0 Å². The summed E-state index contributed by atoms with van der Waals surface area (Å²) in [4.78, 5) is 0. The van der Waals surface area contributed by atoms with Crippen molar-refractivity contribution in [3.8, 4) is 0 Å². The highest BCUT2D eigenvalue weighted by molar-refractivity contribution is 14.1. The fourth-order valence-corrected chi connectivity index (χ4v) is 0.812. The van der Waals surface area contributed by atoms with Crippen molar-refractivity contribution in [1.29, 1.82) is 0 Å². The van der Waals surface area contributed by atoms with Crippen molar-refractivity contribution in [3.05, 3.63) is 11.8 Å². The molecule has 7 heavy (non-hydrogen) atoms. The number of ether oxygens (including phenoxy) is 1. The monoisotopic (exact) mass is 212 g/mol. The Morgan fingerprint density at radius 3 is 2.57 bits per heavy atom. The molecule has 0 rings (SSSR count). The molecule has 2 heteroatoms. The first-order chi connectivity index (χ1) is 3.31. The molecule has 0 radical (unpaired) electrons. The van der Waals surface area contributed by atoms with E-state index in [0.29, 0.717) is 0 Å². The third-order valence-corrected chi connectivity index (χ3v) is 1.13. The van der Waals surface area contributed by atoms with Crippen molar-refractivity contribution in [2.45, 2.75) is 6.92 Å². The van der Waals surface area contributed by atoms with E-state index in [-0.39, 0.29) is 0 Å². The van der Waals surface area contributed by atoms with E-state index in [1.54, 1.807) is 7.11 Å². The van der Waals surface area contributed by atoms with Gasteiger partial charge in [0.1, 0.15) is 0 Å². The van der Waals surface area contributed by atoms with Crippen molar-refractivity contribution < 1.29 is 4.74 Å². The zero-order valence-electron chi connectivity index (χ0n) is 4.57. The van der Waals surface area contributed by atoms with E-state index in [9.17, 15) is 0 Å². The maximum atomic E-state index is 4.85. The van der Waals surface area contributed by atoms with E-state index in [4.69, 9.17) is 4.74 Å². The molecule has 0 saturated carbocycles. The Balaban J connectivity index is 3.29. The van der Waals surface area contributed by atoms with Crippen LogP contribution in [0.3, 0.4) is 0 Å². The van der Waals surface area contributed by atoms with Crippen molar-refractivity contribution in [2.75, 3.05) is 11.5 Å². The predicted molar refractivity (Wildman–Crippen MR) is 39.7 cm³/mol. The number of allylic oxidation sites excluding steroid dienone is 2. The average molecular weight is 212 g/mol. The van der Waals surface area contributed by atoms with E-state index in [1.807, 2.05) is 13.0 Å². The van der Waals surface area contributed by atoms with Crippen molar-refractivity contribution in [2.24, 2.45) is 0 Å². The highest BCUT2D eigenvalue weighted by Crippen LogP contribution is 1.93. The van der Waals surface area contributed by atoms with Crippen LogP contribution in [0.4, 0.5) is 0 Å². The van der Waals surface area contributed by atoms with Crippen LogP contribution >= 0.6 is 22.6 Å². The van der Waals surface area contributed by atoms with Gasteiger partial charge < -0.3 is 4.74 Å². The molecule has 0 aliphatic heterocycles. The summed E-state index contributed by atoms with van der Waals surface area (Å²) in [6.45, 7) is 1.94. The predicted octanol–water partition coefficient (Wildman–Crippen LogP) is 1.97. The molecule has 0 aromatic heterocycles. The standard InChI is InChI=1S/C5H9IO/c1-5(7-2)3-4-6/h3H,4H2,1-2H3/b5-3-. The van der Waals surface area contributed by atoms with Crippen LogP contribution in [0, 0.1) is 0 Å². The Morgan fingerprint density at radius 1 is 1.86 bits per heavy atom. The average Bonchev–Trinajstić information content (AvgIpc) is 1.68. The fraction of sp³-hybridized carbons (Fsp3) is 0.600. The SMILES string of the molecule is CO/C(C)=C\CI. The van der Waals surface area contributed by atoms with Crippen molar-refractivity contribution in [3.63, 3.8) is 0 Å². The van der Waals surface area contributed by atoms with Gasteiger partial charge in [0.25, 0.3) is 0 Å². The van der Waals surface area contributed by atoms with Crippen LogP contribution < -0.4 is 0 Å². The number of halogens is 1. The Kier molecular flexibility index (Phi) is 4.60. The lowest BCUT2D eigenvalue weighted by Crippen LogP contribution is -1.77. The second kappa shape index (κ2) is 4.43. The first-order valence-corrected chi connectivity index (χ1v) is 3.60. The smallest absolute Gasteiger partial charge is 0.0892 e. The summed E-state index contributed by atoms with van der Waals surface area (Å²) in [7, 11) is 1.68. The van der Waals surface area contributed by atoms with E-state index in [2.05, 4.69) is 22.6 Å². The third-order valence-electron chi connectivity index (χ3n) is 0.687. The molecule has 0 heterocycles. The summed E-state index contributed by atoms with van der Waals surface area (Å²) in [5.41, 5.74) is 0. The van der Waals surface area contributed by atoms with E-state index in [0.717, 1.165) is 10.2 Å². The summed E-state index contributed by atoms with van der Waals surface area (Å²) in [6, 6.07) is 0. The van der Waals surface area contributed by atoms with Crippen molar-refractivity contribution in [1.82, 2.24) is 0 Å². The molecule has 42 valence electrons. The minimum Gasteiger partial charge on any atom is -0.502 e. The lowest BCUT2D eigenvalue weighted by molar-refractivity contribution is 0.293. The minimum atomic E-state index is 0.995. The molecule has 0 amide bonds. The van der Waals surface area contributed by atoms with Gasteiger partial charge in [-0.25, -0.2) is 0 Å². The zero-order valence-corrected chi connectivity index (χ0v) is 6.73. The maximum Gasteiger partial charge on any atom is 0.0892 e. The van der Waals surface area contributed by atoms with E-state index >= 15 is 0 Å². The molecule has 0 N–H and O–H groups in total. The maximum absolute atomic E-state index is 4.85. The Labute approximate surface area is 57.9 Å². The highest BCUT2D eigenvalue weighted by Gasteiger charge is 1.77. The first kappa shape index (κ1) is 7.27. The van der Waals surface area contributed by atoms with Crippen LogP contribution in [-0.4, -0.2) is 11.5 Å². The van der Waals surface area contributed by atoms with Crippen molar-refractivity contribution >= 4 is 22.6 Å². The number of rotatable bonds is 2. The minimum absolute atomic E-state index is 0.995. The number of methoxy groups -OCH3 is 1. The van der Waals surface area contributed by atoms with Crippen LogP contribution in [0.2, 0.25) is 0 Å². The Morgan fingerprint density at radius 2 is 2.43 bits per heavy atom. The van der Waals surface area contributed by atoms with Gasteiger partial charge in [-0.3, -0.25) is 0 Å². The van der Waals surface area contributed by atoms with Gasteiger partial charge in [0.2, 0.25) is 0 Å². The normalized spacial score (nSPS) is 11.6. The number of hydrogen-bond acceptors (Lipinski definition) is 1. The third kappa shape index (κ3) is 4.12. The lowest BCUT2D eigenvalue weighted by atomic mass is 10.5. The molecule has 0 bridgehead atoms. The second-order valence-corrected chi connectivity index (χ2v) is 2.05. The molecule has 0 fully saturated rings. The molecular formula is C5H9IO. The molecular weight excluding hydrogens is 203 g/mol. The molecule has 0 aromatic rings. The van der Waals surface area contributed by atoms with Gasteiger partial charge in [-0.1, -0.05) is 22.6 Å². The van der Waals surface area contributed by atoms with Gasteiger partial charge in [0.15, 0.2) is 0 Å². The zero-order chi connectivity index (χ0) is 5.70. The summed E-state index contributed by atoms with van der Waals surface area (Å²) >= 11 is 2.27. The van der Waals surface area contributed by atoms with Gasteiger partial charge in [0.05, 0.1) is 12.9 Å². The van der Waals surface area contributed by atoms with Crippen LogP contribution in [0.15, 0.2) is 11.8 Å². The largest absolute Gasteiger partial charge is 0.502 e. The molecule has 0 aliphatic rings. The Hall–Kier alpha value is 0.270. The first-order valence-electron chi connectivity index (χ1n) is 2.08. The Bertz CT molecular complexity index is 68.5. The second-order valence-electron chi connectivity index (χ2n) is 1.17. The summed E-state index contributed by atoms with van der Waals surface area (Å²) in [5.74, 6) is 0.995. The van der Waals surface area contributed by atoms with Gasteiger partial charge in [0, 0.05) is 4.43 Å². The highest BCUT2D eigenvalue weighted by atomic mass is 127. The van der Waals surface area contributed by atoms with Gasteiger partial charge >= 0.3 is 0 Å². The molecule has 0 atom stereocenters. The molecule has 1 nitrogen and oxygen atoms in total. The molecule has 0 aromatic carbocycles. The quantitative estimate of drug-likeness (QED) is 0.386. The van der Waals surface area contributed by atoms with E-state index in [1.165, 1.54) is 0 Å². The van der Waals surface area contributed by atoms with Crippen LogP contribution in [-0.2, 0) is 4.74 Å². The summed E-state index contributed by atoms with van der Waals surface area (Å²) in [6.07, 6.45) is 2.03. The number of alkyl halides is 1. The number of hydrogen-bond donors (Lipinski definition) is 0. The molecule has 0 unspecified atom stereocenters. The summed E-state index contributed by atoms with van der Waals surface area (Å²) < 4.78 is 5.87. The molecule has 0 saturated heterocycles.